The number of halogens is 2. The van der Waals surface area contributed by atoms with Crippen molar-refractivity contribution in [1.82, 2.24) is 14.8 Å². The Bertz CT molecular complexity index is 1080. The Hall–Kier alpha value is -2.30. The van der Waals surface area contributed by atoms with Crippen LogP contribution in [0.15, 0.2) is 53.5 Å². The van der Waals surface area contributed by atoms with Crippen molar-refractivity contribution >= 4 is 45.0 Å². The Morgan fingerprint density at radius 1 is 1.05 bits per heavy atom. The van der Waals surface area contributed by atoms with Gasteiger partial charge in [0.25, 0.3) is 5.56 Å². The predicted octanol–water partition coefficient (Wildman–Crippen LogP) is 4.17. The van der Waals surface area contributed by atoms with E-state index in [0.717, 1.165) is 16.4 Å². The highest BCUT2D eigenvalue weighted by Crippen LogP contribution is 2.25. The van der Waals surface area contributed by atoms with E-state index >= 15 is 0 Å². The molecule has 0 aliphatic rings. The van der Waals surface area contributed by atoms with E-state index in [1.54, 1.807) is 24.4 Å². The number of aromatic nitrogens is 3. The Balaban J connectivity index is 2.09. The van der Waals surface area contributed by atoms with E-state index in [9.17, 15) is 4.79 Å². The Morgan fingerprint density at radius 3 is 2.68 bits per heavy atom. The second kappa shape index (κ2) is 4.87. The molecule has 0 spiro atoms. The van der Waals surface area contributed by atoms with Gasteiger partial charge in [0.15, 0.2) is 0 Å². The van der Waals surface area contributed by atoms with Crippen LogP contribution in [0.1, 0.15) is 0 Å². The van der Waals surface area contributed by atoms with Crippen LogP contribution in [0.5, 0.6) is 0 Å². The topological polar surface area (TPSA) is 50.7 Å². The van der Waals surface area contributed by atoms with Gasteiger partial charge in [0.2, 0.25) is 0 Å². The number of fused-ring (bicyclic) bond motifs is 3. The lowest BCUT2D eigenvalue weighted by molar-refractivity contribution is 0.865. The first-order valence-corrected chi connectivity index (χ1v) is 7.34. The molecule has 4 aromatic rings. The quantitative estimate of drug-likeness (QED) is 0.569. The van der Waals surface area contributed by atoms with Crippen molar-refractivity contribution in [2.45, 2.75) is 0 Å². The molecule has 0 bridgehead atoms. The van der Waals surface area contributed by atoms with Gasteiger partial charge in [-0.15, -0.1) is 0 Å². The Kier molecular flexibility index (Phi) is 2.96. The molecule has 0 saturated heterocycles. The summed E-state index contributed by atoms with van der Waals surface area (Å²) in [6, 6.07) is 12.6. The molecule has 1 N–H and O–H groups in total. The minimum atomic E-state index is -0.197. The summed E-state index contributed by atoms with van der Waals surface area (Å²) in [7, 11) is 0. The van der Waals surface area contributed by atoms with E-state index in [4.69, 9.17) is 23.2 Å². The second-order valence-corrected chi connectivity index (χ2v) is 5.76. The van der Waals surface area contributed by atoms with Crippen molar-refractivity contribution in [3.05, 3.63) is 69.1 Å². The molecule has 108 valence electrons. The summed E-state index contributed by atoms with van der Waals surface area (Å²) in [5, 5.41) is 5.45. The molecule has 0 fully saturated rings. The van der Waals surface area contributed by atoms with Gasteiger partial charge in [-0.05, 0) is 24.3 Å². The van der Waals surface area contributed by atoms with E-state index < -0.39 is 0 Å². The summed E-state index contributed by atoms with van der Waals surface area (Å²) >= 11 is 12.1. The zero-order valence-corrected chi connectivity index (χ0v) is 12.7. The van der Waals surface area contributed by atoms with Crippen molar-refractivity contribution in [2.24, 2.45) is 0 Å². The largest absolute Gasteiger partial charge is 0.289 e. The van der Waals surface area contributed by atoms with Crippen LogP contribution in [0.25, 0.3) is 27.5 Å². The smallest absolute Gasteiger partial charge is 0.280 e. The van der Waals surface area contributed by atoms with Gasteiger partial charge in [-0.1, -0.05) is 41.4 Å². The van der Waals surface area contributed by atoms with Crippen molar-refractivity contribution < 1.29 is 0 Å². The number of hydrogen-bond donors (Lipinski definition) is 1. The third-order valence-electron chi connectivity index (χ3n) is 3.58. The first-order chi connectivity index (χ1) is 10.6. The van der Waals surface area contributed by atoms with Crippen LogP contribution >= 0.6 is 23.2 Å². The average Bonchev–Trinajstić information content (AvgIpc) is 2.85. The number of nitrogens with one attached hydrogen (secondary N) is 1. The molecule has 0 aliphatic heterocycles. The monoisotopic (exact) mass is 329 g/mol. The fourth-order valence-electron chi connectivity index (χ4n) is 2.54. The van der Waals surface area contributed by atoms with Gasteiger partial charge in [-0.25, -0.2) is 4.68 Å². The highest BCUT2D eigenvalue weighted by Gasteiger charge is 2.13. The average molecular weight is 330 g/mol. The van der Waals surface area contributed by atoms with Crippen LogP contribution in [0.2, 0.25) is 10.0 Å². The molecule has 2 aromatic carbocycles. The van der Waals surface area contributed by atoms with Crippen LogP contribution in [0, 0.1) is 0 Å². The lowest BCUT2D eigenvalue weighted by Gasteiger charge is -2.04. The summed E-state index contributed by atoms with van der Waals surface area (Å²) in [4.78, 5) is 16.9. The highest BCUT2D eigenvalue weighted by molar-refractivity contribution is 6.35. The maximum Gasteiger partial charge on any atom is 0.280 e. The number of para-hydroxylation sites is 1. The van der Waals surface area contributed by atoms with Gasteiger partial charge in [-0.3, -0.25) is 14.9 Å². The Labute approximate surface area is 134 Å². The predicted molar refractivity (Wildman–Crippen MR) is 89.2 cm³/mol. The van der Waals surface area contributed by atoms with Crippen molar-refractivity contribution in [3.63, 3.8) is 0 Å². The molecule has 6 heteroatoms. The van der Waals surface area contributed by atoms with E-state index in [2.05, 4.69) is 10.1 Å². The molecule has 22 heavy (non-hydrogen) atoms. The van der Waals surface area contributed by atoms with Gasteiger partial charge in [0.05, 0.1) is 27.1 Å². The number of pyridine rings is 1. The first kappa shape index (κ1) is 13.4. The van der Waals surface area contributed by atoms with Gasteiger partial charge in [-0.2, -0.15) is 0 Å². The number of aromatic amines is 1. The summed E-state index contributed by atoms with van der Waals surface area (Å²) in [6.45, 7) is 0. The van der Waals surface area contributed by atoms with Gasteiger partial charge in [0, 0.05) is 16.6 Å². The van der Waals surface area contributed by atoms with Gasteiger partial charge < -0.3 is 0 Å². The molecule has 0 radical (unpaired) electrons. The third kappa shape index (κ3) is 1.92. The summed E-state index contributed by atoms with van der Waals surface area (Å²) in [6.07, 6.45) is 1.58. The number of rotatable bonds is 1. The standard InChI is InChI=1S/C16H9Cl2N3O/c17-9-5-6-14(12(18)7-9)21-16(22)11-8-19-13-4-2-1-3-10(13)15(11)20-21/h1-8,20H. The molecule has 4 nitrogen and oxygen atoms in total. The SMILES string of the molecule is O=c1c2cnc3ccccc3c2[nH]n1-c1ccc(Cl)cc1Cl. The van der Waals surface area contributed by atoms with Crippen LogP contribution in [0.4, 0.5) is 0 Å². The van der Waals surface area contributed by atoms with Crippen molar-refractivity contribution in [2.75, 3.05) is 0 Å². The number of nitrogens with zero attached hydrogens (tertiary/aromatic N) is 2. The number of benzene rings is 2. The second-order valence-electron chi connectivity index (χ2n) is 4.91. The van der Waals surface area contributed by atoms with E-state index in [0.29, 0.717) is 21.1 Å². The van der Waals surface area contributed by atoms with Crippen LogP contribution in [0.3, 0.4) is 0 Å². The molecule has 2 heterocycles. The molecular weight excluding hydrogens is 321 g/mol. The summed E-state index contributed by atoms with van der Waals surface area (Å²) in [5.74, 6) is 0. The van der Waals surface area contributed by atoms with Crippen LogP contribution in [-0.4, -0.2) is 14.8 Å². The molecule has 0 saturated carbocycles. The van der Waals surface area contributed by atoms with Gasteiger partial charge >= 0.3 is 0 Å². The highest BCUT2D eigenvalue weighted by atomic mass is 35.5. The van der Waals surface area contributed by atoms with E-state index in [-0.39, 0.29) is 5.56 Å². The fourth-order valence-corrected chi connectivity index (χ4v) is 3.03. The normalized spacial score (nSPS) is 11.4. The summed E-state index contributed by atoms with van der Waals surface area (Å²) < 4.78 is 1.41. The number of H-pyrrole nitrogens is 1. The minimum absolute atomic E-state index is 0.197. The molecule has 0 unspecified atom stereocenters. The lowest BCUT2D eigenvalue weighted by Crippen LogP contribution is -2.14. The Morgan fingerprint density at radius 2 is 1.86 bits per heavy atom. The van der Waals surface area contributed by atoms with E-state index in [1.807, 2.05) is 24.3 Å². The molecule has 0 amide bonds. The first-order valence-electron chi connectivity index (χ1n) is 6.59. The van der Waals surface area contributed by atoms with Crippen LogP contribution < -0.4 is 5.56 Å². The zero-order valence-electron chi connectivity index (χ0n) is 11.2. The maximum absolute atomic E-state index is 12.6. The zero-order chi connectivity index (χ0) is 15.3. The van der Waals surface area contributed by atoms with Crippen molar-refractivity contribution in [1.29, 1.82) is 0 Å². The molecular formula is C16H9Cl2N3O. The van der Waals surface area contributed by atoms with Crippen molar-refractivity contribution in [3.8, 4) is 5.69 Å². The summed E-state index contributed by atoms with van der Waals surface area (Å²) in [5.41, 5.74) is 1.92. The molecule has 0 aliphatic carbocycles. The molecule has 0 atom stereocenters. The van der Waals surface area contributed by atoms with E-state index in [1.165, 1.54) is 4.68 Å². The molecule has 2 aromatic heterocycles. The fraction of sp³-hybridized carbons (Fsp3) is 0. The molecule has 4 rings (SSSR count). The lowest BCUT2D eigenvalue weighted by atomic mass is 10.2. The third-order valence-corrected chi connectivity index (χ3v) is 4.12. The number of hydrogen-bond acceptors (Lipinski definition) is 2. The van der Waals surface area contributed by atoms with Crippen LogP contribution in [-0.2, 0) is 0 Å². The van der Waals surface area contributed by atoms with Gasteiger partial charge in [0.1, 0.15) is 0 Å². The maximum atomic E-state index is 12.6. The minimum Gasteiger partial charge on any atom is -0.289 e.